The van der Waals surface area contributed by atoms with E-state index in [-0.39, 0.29) is 0 Å². The molecule has 5 nitrogen and oxygen atoms in total. The minimum Gasteiger partial charge on any atom is -0.379 e. The number of halogens is 2. The summed E-state index contributed by atoms with van der Waals surface area (Å²) in [6, 6.07) is 6.31. The Morgan fingerprint density at radius 3 is 2.79 bits per heavy atom. The van der Waals surface area contributed by atoms with E-state index in [4.69, 9.17) is 16.3 Å². The molecule has 0 aliphatic carbocycles. The van der Waals surface area contributed by atoms with E-state index in [0.717, 1.165) is 60.4 Å². The van der Waals surface area contributed by atoms with Crippen molar-refractivity contribution in [3.8, 4) is 0 Å². The largest absolute Gasteiger partial charge is 0.379 e. The molecule has 1 saturated heterocycles. The number of aliphatic imine (C=N–C) groups is 1. The molecule has 2 N–H and O–H groups in total. The molecule has 1 aliphatic heterocycles. The number of guanidine groups is 1. The minimum absolute atomic E-state index is 0.439. The number of nitrogens with one attached hydrogen (secondary N) is 2. The van der Waals surface area contributed by atoms with E-state index in [1.54, 1.807) is 0 Å². The number of hydrogen-bond donors (Lipinski definition) is 2. The molecule has 0 amide bonds. The van der Waals surface area contributed by atoms with Gasteiger partial charge < -0.3 is 15.4 Å². The van der Waals surface area contributed by atoms with Crippen LogP contribution in [0.15, 0.2) is 27.7 Å². The monoisotopic (exact) mass is 416 g/mol. The van der Waals surface area contributed by atoms with Crippen LogP contribution >= 0.6 is 27.5 Å². The fourth-order valence-corrected chi connectivity index (χ4v) is 3.28. The summed E-state index contributed by atoms with van der Waals surface area (Å²) < 4.78 is 6.38. The highest BCUT2D eigenvalue weighted by atomic mass is 79.9. The fraction of sp³-hybridized carbons (Fsp3) is 0.588. The Kier molecular flexibility index (Phi) is 8.32. The van der Waals surface area contributed by atoms with Crippen LogP contribution in [-0.2, 0) is 11.3 Å². The van der Waals surface area contributed by atoms with E-state index in [1.807, 2.05) is 18.2 Å². The van der Waals surface area contributed by atoms with Gasteiger partial charge in [-0.1, -0.05) is 33.6 Å². The van der Waals surface area contributed by atoms with Gasteiger partial charge in [-0.2, -0.15) is 0 Å². The first-order valence-electron chi connectivity index (χ1n) is 8.38. The highest BCUT2D eigenvalue weighted by molar-refractivity contribution is 9.10. The van der Waals surface area contributed by atoms with Crippen molar-refractivity contribution in [2.45, 2.75) is 26.4 Å². The van der Waals surface area contributed by atoms with Gasteiger partial charge in [0, 0.05) is 41.7 Å². The van der Waals surface area contributed by atoms with Crippen molar-refractivity contribution in [3.05, 3.63) is 33.3 Å². The summed E-state index contributed by atoms with van der Waals surface area (Å²) in [5.74, 6) is 0.816. The van der Waals surface area contributed by atoms with Crippen molar-refractivity contribution in [1.82, 2.24) is 15.5 Å². The predicted octanol–water partition coefficient (Wildman–Crippen LogP) is 2.88. The predicted molar refractivity (Wildman–Crippen MR) is 104 cm³/mol. The SMILES string of the molecule is CCNC(=NCc1ccc(Br)cc1Cl)NCC(C)N1CCOCC1. The molecule has 1 aliphatic rings. The molecule has 1 aromatic carbocycles. The lowest BCUT2D eigenvalue weighted by Crippen LogP contribution is -2.49. The Morgan fingerprint density at radius 2 is 2.12 bits per heavy atom. The third kappa shape index (κ3) is 6.24. The quantitative estimate of drug-likeness (QED) is 0.552. The molecule has 1 heterocycles. The Morgan fingerprint density at radius 1 is 1.38 bits per heavy atom. The van der Waals surface area contributed by atoms with E-state index in [1.165, 1.54) is 0 Å². The summed E-state index contributed by atoms with van der Waals surface area (Å²) in [6.07, 6.45) is 0. The molecular formula is C17H26BrClN4O. The Balaban J connectivity index is 1.90. The molecule has 0 bridgehead atoms. The van der Waals surface area contributed by atoms with Crippen molar-refractivity contribution in [3.63, 3.8) is 0 Å². The second-order valence-corrected chi connectivity index (χ2v) is 7.13. The smallest absolute Gasteiger partial charge is 0.191 e. The zero-order chi connectivity index (χ0) is 17.4. The standard InChI is InChI=1S/C17H26BrClN4O/c1-3-20-17(21-11-13(2)23-6-8-24-9-7-23)22-12-14-4-5-15(18)10-16(14)19/h4-5,10,13H,3,6-9,11-12H2,1-2H3,(H2,20,21,22). The van der Waals surface area contributed by atoms with Gasteiger partial charge in [0.2, 0.25) is 0 Å². The molecule has 2 rings (SSSR count). The Labute approximate surface area is 157 Å². The lowest BCUT2D eigenvalue weighted by molar-refractivity contribution is 0.0211. The maximum absolute atomic E-state index is 6.26. The summed E-state index contributed by atoms with van der Waals surface area (Å²) in [6.45, 7) is 10.1. The van der Waals surface area contributed by atoms with Gasteiger partial charge in [-0.25, -0.2) is 4.99 Å². The highest BCUT2D eigenvalue weighted by Crippen LogP contribution is 2.21. The molecule has 0 spiro atoms. The molecule has 134 valence electrons. The van der Waals surface area contributed by atoms with Gasteiger partial charge in [0.15, 0.2) is 5.96 Å². The van der Waals surface area contributed by atoms with Gasteiger partial charge in [-0.15, -0.1) is 0 Å². The number of nitrogens with zero attached hydrogens (tertiary/aromatic N) is 2. The molecule has 0 saturated carbocycles. The average Bonchev–Trinajstić information content (AvgIpc) is 2.59. The van der Waals surface area contributed by atoms with E-state index in [0.29, 0.717) is 12.6 Å². The third-order valence-corrected chi connectivity index (χ3v) is 4.85. The summed E-state index contributed by atoms with van der Waals surface area (Å²) in [5, 5.41) is 7.44. The van der Waals surface area contributed by atoms with Crippen LogP contribution in [0.3, 0.4) is 0 Å². The first-order valence-corrected chi connectivity index (χ1v) is 9.55. The molecular weight excluding hydrogens is 392 g/mol. The van der Waals surface area contributed by atoms with E-state index in [2.05, 4.69) is 50.3 Å². The summed E-state index contributed by atoms with van der Waals surface area (Å²) in [4.78, 5) is 7.08. The Hall–Kier alpha value is -0.820. The number of ether oxygens (including phenoxy) is 1. The van der Waals surface area contributed by atoms with Gasteiger partial charge in [0.1, 0.15) is 0 Å². The minimum atomic E-state index is 0.439. The van der Waals surface area contributed by atoms with Crippen molar-refractivity contribution in [2.24, 2.45) is 4.99 Å². The zero-order valence-corrected chi connectivity index (χ0v) is 16.7. The molecule has 0 aromatic heterocycles. The van der Waals surface area contributed by atoms with Crippen LogP contribution in [0, 0.1) is 0 Å². The number of benzene rings is 1. The highest BCUT2D eigenvalue weighted by Gasteiger charge is 2.17. The van der Waals surface area contributed by atoms with Crippen LogP contribution in [0.5, 0.6) is 0 Å². The molecule has 7 heteroatoms. The van der Waals surface area contributed by atoms with Crippen molar-refractivity contribution < 1.29 is 4.74 Å². The van der Waals surface area contributed by atoms with E-state index in [9.17, 15) is 0 Å². The van der Waals surface area contributed by atoms with Crippen molar-refractivity contribution >= 4 is 33.5 Å². The molecule has 1 aromatic rings. The van der Waals surface area contributed by atoms with Gasteiger partial charge in [0.05, 0.1) is 19.8 Å². The second kappa shape index (κ2) is 10.2. The number of morpholine rings is 1. The van der Waals surface area contributed by atoms with Crippen LogP contribution < -0.4 is 10.6 Å². The summed E-state index contributed by atoms with van der Waals surface area (Å²) in [5.41, 5.74) is 1.01. The van der Waals surface area contributed by atoms with Gasteiger partial charge in [-0.3, -0.25) is 4.90 Å². The fourth-order valence-electron chi connectivity index (χ4n) is 2.55. The van der Waals surface area contributed by atoms with Crippen molar-refractivity contribution in [2.75, 3.05) is 39.4 Å². The molecule has 24 heavy (non-hydrogen) atoms. The number of hydrogen-bond acceptors (Lipinski definition) is 3. The maximum atomic E-state index is 6.26. The van der Waals surface area contributed by atoms with Crippen LogP contribution in [-0.4, -0.2) is 56.3 Å². The van der Waals surface area contributed by atoms with Gasteiger partial charge >= 0.3 is 0 Å². The van der Waals surface area contributed by atoms with Gasteiger partial charge in [-0.05, 0) is 31.5 Å². The lowest BCUT2D eigenvalue weighted by Gasteiger charge is -2.32. The average molecular weight is 418 g/mol. The third-order valence-electron chi connectivity index (χ3n) is 4.00. The maximum Gasteiger partial charge on any atom is 0.191 e. The second-order valence-electron chi connectivity index (χ2n) is 5.81. The zero-order valence-electron chi connectivity index (χ0n) is 14.3. The lowest BCUT2D eigenvalue weighted by atomic mass is 10.2. The molecule has 0 radical (unpaired) electrons. The normalized spacial score (nSPS) is 17.6. The van der Waals surface area contributed by atoms with Crippen molar-refractivity contribution in [1.29, 1.82) is 0 Å². The summed E-state index contributed by atoms with van der Waals surface area (Å²) in [7, 11) is 0. The molecule has 1 unspecified atom stereocenters. The van der Waals surface area contributed by atoms with Crippen LogP contribution in [0.25, 0.3) is 0 Å². The first kappa shape index (κ1) is 19.5. The van der Waals surface area contributed by atoms with E-state index < -0.39 is 0 Å². The van der Waals surface area contributed by atoms with Crippen LogP contribution in [0.1, 0.15) is 19.4 Å². The van der Waals surface area contributed by atoms with Crippen LogP contribution in [0.2, 0.25) is 5.02 Å². The van der Waals surface area contributed by atoms with E-state index >= 15 is 0 Å². The Bertz CT molecular complexity index is 549. The number of rotatable bonds is 6. The topological polar surface area (TPSA) is 48.9 Å². The van der Waals surface area contributed by atoms with Gasteiger partial charge in [0.25, 0.3) is 0 Å². The summed E-state index contributed by atoms with van der Waals surface area (Å²) >= 11 is 9.68. The first-order chi connectivity index (χ1) is 11.6. The van der Waals surface area contributed by atoms with Crippen LogP contribution in [0.4, 0.5) is 0 Å². The molecule has 1 fully saturated rings. The molecule has 1 atom stereocenters.